The molecule has 1 saturated carbocycles. The van der Waals surface area contributed by atoms with E-state index in [1.807, 2.05) is 29.9 Å². The molecule has 3 heterocycles. The van der Waals surface area contributed by atoms with Crippen molar-refractivity contribution >= 4 is 58.0 Å². The SMILES string of the molecule is Cc1nc(N2CCC3(CC2)C[C@@H](OI)C[C@H]3N)c(CO)nc1Sc1ccnc(N)c1Cl. The molecule has 0 bridgehead atoms. The van der Waals surface area contributed by atoms with Crippen LogP contribution in [0, 0.1) is 12.3 Å². The number of nitrogens with two attached hydrogens (primary N) is 2. The van der Waals surface area contributed by atoms with Crippen molar-refractivity contribution in [1.29, 1.82) is 0 Å². The Morgan fingerprint density at radius 3 is 2.77 bits per heavy atom. The monoisotopic (exact) mass is 576 g/mol. The van der Waals surface area contributed by atoms with Crippen LogP contribution < -0.4 is 16.4 Å². The summed E-state index contributed by atoms with van der Waals surface area (Å²) in [6.07, 6.45) is 5.74. The van der Waals surface area contributed by atoms with Gasteiger partial charge in [-0.05, 0) is 44.1 Å². The van der Waals surface area contributed by atoms with Gasteiger partial charge in [0.1, 0.15) is 39.5 Å². The van der Waals surface area contributed by atoms with Gasteiger partial charge in [0.15, 0.2) is 5.82 Å². The minimum absolute atomic E-state index is 0.127. The average molecular weight is 577 g/mol. The van der Waals surface area contributed by atoms with Crippen LogP contribution in [0.25, 0.3) is 0 Å². The van der Waals surface area contributed by atoms with Crippen LogP contribution in [0.4, 0.5) is 11.6 Å². The molecule has 0 radical (unpaired) electrons. The summed E-state index contributed by atoms with van der Waals surface area (Å²) in [6.45, 7) is 3.40. The number of aliphatic hydroxyl groups is 1. The Hall–Kier alpha value is -0.920. The molecule has 2 fully saturated rings. The van der Waals surface area contributed by atoms with E-state index in [9.17, 15) is 5.11 Å². The Balaban J connectivity index is 1.53. The number of rotatable bonds is 5. The molecular weight excluding hydrogens is 551 g/mol. The molecule has 1 aliphatic heterocycles. The molecule has 8 nitrogen and oxygen atoms in total. The van der Waals surface area contributed by atoms with E-state index in [0.717, 1.165) is 55.2 Å². The van der Waals surface area contributed by atoms with Gasteiger partial charge in [0.05, 0.1) is 23.4 Å². The number of piperidine rings is 1. The summed E-state index contributed by atoms with van der Waals surface area (Å²) in [5, 5.41) is 11.1. The van der Waals surface area contributed by atoms with Gasteiger partial charge in [-0.15, -0.1) is 0 Å². The van der Waals surface area contributed by atoms with Crippen molar-refractivity contribution in [2.75, 3.05) is 23.7 Å². The Kier molecular flexibility index (Phi) is 7.14. The molecule has 1 spiro atoms. The Morgan fingerprint density at radius 2 is 2.13 bits per heavy atom. The average Bonchev–Trinajstić information content (AvgIpc) is 3.08. The van der Waals surface area contributed by atoms with E-state index in [0.29, 0.717) is 15.7 Å². The highest BCUT2D eigenvalue weighted by Crippen LogP contribution is 2.47. The van der Waals surface area contributed by atoms with E-state index in [-0.39, 0.29) is 30.0 Å². The summed E-state index contributed by atoms with van der Waals surface area (Å²) in [5.41, 5.74) is 13.8. The molecule has 11 heteroatoms. The molecule has 2 aromatic heterocycles. The zero-order valence-electron chi connectivity index (χ0n) is 17.2. The highest BCUT2D eigenvalue weighted by atomic mass is 127. The first-order chi connectivity index (χ1) is 14.9. The highest BCUT2D eigenvalue weighted by molar-refractivity contribution is 14.1. The lowest BCUT2D eigenvalue weighted by molar-refractivity contribution is 0.177. The van der Waals surface area contributed by atoms with Crippen molar-refractivity contribution in [2.45, 2.75) is 61.3 Å². The third-order valence-corrected chi connectivity index (χ3v) is 8.81. The van der Waals surface area contributed by atoms with Gasteiger partial charge in [-0.3, -0.25) is 0 Å². The van der Waals surface area contributed by atoms with Crippen LogP contribution in [0.1, 0.15) is 37.1 Å². The molecule has 5 N–H and O–H groups in total. The molecule has 2 aromatic rings. The molecule has 4 rings (SSSR count). The molecule has 2 atom stereocenters. The largest absolute Gasteiger partial charge is 0.390 e. The van der Waals surface area contributed by atoms with Gasteiger partial charge < -0.3 is 24.5 Å². The summed E-state index contributed by atoms with van der Waals surface area (Å²) >= 11 is 9.64. The van der Waals surface area contributed by atoms with Gasteiger partial charge in [0, 0.05) is 30.2 Å². The third-order valence-electron chi connectivity index (χ3n) is 6.44. The smallest absolute Gasteiger partial charge is 0.153 e. The predicted molar refractivity (Wildman–Crippen MR) is 130 cm³/mol. The van der Waals surface area contributed by atoms with E-state index >= 15 is 0 Å². The fourth-order valence-corrected chi connectivity index (χ4v) is 6.13. The minimum Gasteiger partial charge on any atom is -0.390 e. The second kappa shape index (κ2) is 9.52. The maximum absolute atomic E-state index is 10.0. The van der Waals surface area contributed by atoms with Crippen LogP contribution in [0.5, 0.6) is 0 Å². The van der Waals surface area contributed by atoms with Gasteiger partial charge >= 0.3 is 0 Å². The number of nitrogen functional groups attached to an aromatic ring is 1. The van der Waals surface area contributed by atoms with Crippen LogP contribution in [-0.4, -0.2) is 45.3 Å². The zero-order chi connectivity index (χ0) is 22.2. The summed E-state index contributed by atoms with van der Waals surface area (Å²) < 4.78 is 5.55. The maximum atomic E-state index is 10.0. The lowest BCUT2D eigenvalue weighted by atomic mass is 9.74. The van der Waals surface area contributed by atoms with Gasteiger partial charge in [0.2, 0.25) is 0 Å². The van der Waals surface area contributed by atoms with Crippen molar-refractivity contribution in [1.82, 2.24) is 15.0 Å². The third kappa shape index (κ3) is 4.60. The lowest BCUT2D eigenvalue weighted by Gasteiger charge is -2.42. The second-order valence-electron chi connectivity index (χ2n) is 8.26. The van der Waals surface area contributed by atoms with Gasteiger partial charge in [-0.2, -0.15) is 0 Å². The van der Waals surface area contributed by atoms with Crippen LogP contribution in [-0.2, 0) is 9.67 Å². The lowest BCUT2D eigenvalue weighted by Crippen LogP contribution is -2.47. The highest BCUT2D eigenvalue weighted by Gasteiger charge is 2.47. The van der Waals surface area contributed by atoms with Crippen molar-refractivity contribution in [3.63, 3.8) is 0 Å². The minimum atomic E-state index is -0.186. The van der Waals surface area contributed by atoms with Crippen molar-refractivity contribution < 1.29 is 8.17 Å². The number of hydrogen-bond donors (Lipinski definition) is 3. The van der Waals surface area contributed by atoms with Gasteiger partial charge in [-0.1, -0.05) is 23.4 Å². The molecule has 2 aliphatic rings. The first-order valence-electron chi connectivity index (χ1n) is 10.2. The molecule has 168 valence electrons. The Bertz CT molecular complexity index is 960. The number of anilines is 2. The number of aliphatic hydroxyl groups excluding tert-OH is 1. The van der Waals surface area contributed by atoms with E-state index in [2.05, 4.69) is 9.88 Å². The number of aryl methyl sites for hydroxylation is 1. The number of halogens is 2. The molecule has 0 amide bonds. The Morgan fingerprint density at radius 1 is 1.39 bits per heavy atom. The van der Waals surface area contributed by atoms with Crippen LogP contribution in [0.15, 0.2) is 22.2 Å². The van der Waals surface area contributed by atoms with Crippen LogP contribution in [0.2, 0.25) is 5.02 Å². The Labute approximate surface area is 205 Å². The first kappa shape index (κ1) is 23.2. The molecule has 1 aliphatic carbocycles. The summed E-state index contributed by atoms with van der Waals surface area (Å²) in [6, 6.07) is 1.95. The normalized spacial score (nSPS) is 22.9. The molecule has 0 unspecified atom stereocenters. The molecule has 31 heavy (non-hydrogen) atoms. The van der Waals surface area contributed by atoms with Gasteiger partial charge in [0.25, 0.3) is 0 Å². The fourth-order valence-electron chi connectivity index (χ4n) is 4.63. The summed E-state index contributed by atoms with van der Waals surface area (Å²) in [4.78, 5) is 16.5. The van der Waals surface area contributed by atoms with Crippen LogP contribution in [0.3, 0.4) is 0 Å². The van der Waals surface area contributed by atoms with Crippen molar-refractivity contribution in [3.05, 3.63) is 28.7 Å². The molecular formula is C20H26ClIN6O2S. The van der Waals surface area contributed by atoms with E-state index < -0.39 is 0 Å². The molecule has 0 aromatic carbocycles. The number of pyridine rings is 1. The molecule has 1 saturated heterocycles. The van der Waals surface area contributed by atoms with E-state index in [1.54, 1.807) is 12.3 Å². The topological polar surface area (TPSA) is 123 Å². The first-order valence-corrected chi connectivity index (χ1v) is 12.3. The summed E-state index contributed by atoms with van der Waals surface area (Å²) in [7, 11) is 0. The second-order valence-corrected chi connectivity index (χ2v) is 10.2. The van der Waals surface area contributed by atoms with Gasteiger partial charge in [-0.25, -0.2) is 15.0 Å². The van der Waals surface area contributed by atoms with Crippen LogP contribution >= 0.6 is 46.4 Å². The predicted octanol–water partition coefficient (Wildman–Crippen LogP) is 3.50. The number of nitrogens with zero attached hydrogens (tertiary/aromatic N) is 4. The quantitative estimate of drug-likeness (QED) is 0.459. The van der Waals surface area contributed by atoms with E-state index in [1.165, 1.54) is 11.8 Å². The van der Waals surface area contributed by atoms with Crippen molar-refractivity contribution in [2.24, 2.45) is 11.1 Å². The van der Waals surface area contributed by atoms with Crippen molar-refractivity contribution in [3.8, 4) is 0 Å². The zero-order valence-corrected chi connectivity index (χ0v) is 21.0. The number of aromatic nitrogens is 3. The fraction of sp³-hybridized carbons (Fsp3) is 0.550. The maximum Gasteiger partial charge on any atom is 0.153 e. The number of hydrogen-bond acceptors (Lipinski definition) is 9. The summed E-state index contributed by atoms with van der Waals surface area (Å²) in [5.74, 6) is 1.02. The standard InChI is InChI=1S/C20H26ClIN6O2S/c1-11-19(31-14-2-5-25-17(24)16(14)21)27-13(10-29)18(26-11)28-6-3-20(4-7-28)9-12(30-22)8-15(20)23/h2,5,12,15,29H,3-4,6-10,23H2,1H3,(H2,24,25)/t12-,15+/m0/s1. The van der Waals surface area contributed by atoms with E-state index in [4.69, 9.17) is 36.1 Å².